The van der Waals surface area contributed by atoms with E-state index < -0.39 is 0 Å². The summed E-state index contributed by atoms with van der Waals surface area (Å²) in [6.45, 7) is 0. The Bertz CT molecular complexity index is 3580. The molecule has 2 nitrogen and oxygen atoms in total. The third kappa shape index (κ3) is 7.52. The Kier molecular flexibility index (Phi) is 10.4. The third-order valence-corrected chi connectivity index (χ3v) is 14.0. The van der Waals surface area contributed by atoms with Crippen molar-refractivity contribution in [1.29, 1.82) is 0 Å². The average molecular weight is 873 g/mol. The monoisotopic (exact) mass is 872 g/mol. The van der Waals surface area contributed by atoms with Gasteiger partial charge in [-0.15, -0.1) is 11.3 Å². The van der Waals surface area contributed by atoms with Crippen molar-refractivity contribution in [3.8, 4) is 43.1 Å². The molecule has 0 fully saturated rings. The van der Waals surface area contributed by atoms with E-state index in [1.54, 1.807) is 0 Å². The van der Waals surface area contributed by atoms with Crippen molar-refractivity contribution in [2.45, 2.75) is 0 Å². The van der Waals surface area contributed by atoms with E-state index in [2.05, 4.69) is 277 Å². The Hall–Kier alpha value is -8.50. The first-order chi connectivity index (χ1) is 33.2. The van der Waals surface area contributed by atoms with Crippen LogP contribution in [0.15, 0.2) is 267 Å². The maximum absolute atomic E-state index is 2.44. The van der Waals surface area contributed by atoms with Crippen LogP contribution in [0.1, 0.15) is 0 Å². The van der Waals surface area contributed by atoms with Gasteiger partial charge in [-0.1, -0.05) is 176 Å². The van der Waals surface area contributed by atoms with Gasteiger partial charge in [0, 0.05) is 43.9 Å². The minimum absolute atomic E-state index is 1.10. The Morgan fingerprint density at radius 3 is 1.12 bits per heavy atom. The van der Waals surface area contributed by atoms with Crippen LogP contribution in [0, 0.1) is 0 Å². The molecule has 0 saturated heterocycles. The summed E-state index contributed by atoms with van der Waals surface area (Å²) in [5.74, 6) is 0. The molecular formula is C64H44N2S. The lowest BCUT2D eigenvalue weighted by Gasteiger charge is -2.26. The fraction of sp³-hybridized carbons (Fsp3) is 0. The highest BCUT2D eigenvalue weighted by Crippen LogP contribution is 2.47. The Labute approximate surface area is 395 Å². The van der Waals surface area contributed by atoms with E-state index in [-0.39, 0.29) is 0 Å². The van der Waals surface area contributed by atoms with Crippen LogP contribution in [-0.4, -0.2) is 0 Å². The number of benzene rings is 11. The lowest BCUT2D eigenvalue weighted by atomic mass is 9.85. The summed E-state index contributed by atoms with van der Waals surface area (Å²) in [7, 11) is 0. The second kappa shape index (κ2) is 17.5. The van der Waals surface area contributed by atoms with E-state index in [1.807, 2.05) is 11.3 Å². The standard InChI is InChI=1S/C64H44N2S/c1-5-20-49(21-6-1)65(50-22-7-2-8-23-50)53-37-32-46(33-38-53)63-57-29-15-16-30-58(57)64(47-34-39-54(40-35-47)66(51-24-9-3-10-25-51)52-26-11-4-12-27-52)60-44-48(36-41-59(60)63)61-42-43-62(67-61)56-31-17-19-45-18-13-14-28-55(45)56/h1-44H. The molecule has 0 spiro atoms. The van der Waals surface area contributed by atoms with Gasteiger partial charge < -0.3 is 9.80 Å². The molecule has 0 radical (unpaired) electrons. The lowest BCUT2D eigenvalue weighted by Crippen LogP contribution is -2.09. The maximum atomic E-state index is 2.44. The van der Waals surface area contributed by atoms with Crippen LogP contribution in [0.25, 0.3) is 75.5 Å². The highest BCUT2D eigenvalue weighted by atomic mass is 32.1. The van der Waals surface area contributed by atoms with Crippen molar-refractivity contribution in [3.05, 3.63) is 267 Å². The first-order valence-electron chi connectivity index (χ1n) is 22.8. The van der Waals surface area contributed by atoms with Gasteiger partial charge in [0.15, 0.2) is 0 Å². The van der Waals surface area contributed by atoms with Crippen molar-refractivity contribution in [1.82, 2.24) is 0 Å². The Morgan fingerprint density at radius 2 is 0.612 bits per heavy atom. The molecule has 12 rings (SSSR count). The summed E-state index contributed by atoms with van der Waals surface area (Å²) in [5, 5.41) is 7.42. The van der Waals surface area contributed by atoms with E-state index in [1.165, 1.54) is 75.5 Å². The van der Waals surface area contributed by atoms with Gasteiger partial charge in [0.2, 0.25) is 0 Å². The number of nitrogens with zero attached hydrogens (tertiary/aromatic N) is 2. The Balaban J connectivity index is 1.03. The number of fused-ring (bicyclic) bond motifs is 3. The van der Waals surface area contributed by atoms with Crippen molar-refractivity contribution in [2.24, 2.45) is 0 Å². The third-order valence-electron chi connectivity index (χ3n) is 12.9. The number of hydrogen-bond acceptors (Lipinski definition) is 3. The predicted octanol–water partition coefficient (Wildman–Crippen LogP) is 18.8. The molecule has 0 bridgehead atoms. The van der Waals surface area contributed by atoms with Gasteiger partial charge in [0.05, 0.1) is 0 Å². The van der Waals surface area contributed by atoms with Crippen LogP contribution in [0.5, 0.6) is 0 Å². The number of hydrogen-bond donors (Lipinski definition) is 0. The molecule has 316 valence electrons. The average Bonchev–Trinajstić information content (AvgIpc) is 3.90. The van der Waals surface area contributed by atoms with Crippen LogP contribution in [0.3, 0.4) is 0 Å². The van der Waals surface area contributed by atoms with E-state index in [0.29, 0.717) is 0 Å². The van der Waals surface area contributed by atoms with Crippen molar-refractivity contribution in [3.63, 3.8) is 0 Å². The fourth-order valence-electron chi connectivity index (χ4n) is 9.79. The molecule has 0 amide bonds. The summed E-state index contributed by atoms with van der Waals surface area (Å²) in [4.78, 5) is 7.16. The van der Waals surface area contributed by atoms with Crippen LogP contribution >= 0.6 is 11.3 Å². The largest absolute Gasteiger partial charge is 0.311 e. The quantitative estimate of drug-likeness (QED) is 0.126. The van der Waals surface area contributed by atoms with E-state index >= 15 is 0 Å². The predicted molar refractivity (Wildman–Crippen MR) is 288 cm³/mol. The highest BCUT2D eigenvalue weighted by Gasteiger charge is 2.20. The van der Waals surface area contributed by atoms with Gasteiger partial charge in [-0.25, -0.2) is 0 Å². The van der Waals surface area contributed by atoms with Gasteiger partial charge in [0.25, 0.3) is 0 Å². The molecule has 1 aromatic heterocycles. The number of para-hydroxylation sites is 4. The minimum Gasteiger partial charge on any atom is -0.311 e. The molecular weight excluding hydrogens is 829 g/mol. The van der Waals surface area contributed by atoms with Crippen LogP contribution < -0.4 is 9.80 Å². The molecule has 67 heavy (non-hydrogen) atoms. The topological polar surface area (TPSA) is 6.48 Å². The zero-order valence-corrected chi connectivity index (χ0v) is 37.5. The highest BCUT2D eigenvalue weighted by molar-refractivity contribution is 7.19. The number of thiophene rings is 1. The summed E-state index contributed by atoms with van der Waals surface area (Å²) in [6, 6.07) is 96.7. The molecule has 0 aliphatic carbocycles. The van der Waals surface area contributed by atoms with Gasteiger partial charge >= 0.3 is 0 Å². The molecule has 3 heteroatoms. The van der Waals surface area contributed by atoms with Crippen molar-refractivity contribution < 1.29 is 0 Å². The van der Waals surface area contributed by atoms with Gasteiger partial charge in [-0.3, -0.25) is 0 Å². The second-order valence-electron chi connectivity index (χ2n) is 16.9. The summed E-state index contributed by atoms with van der Waals surface area (Å²) < 4.78 is 0. The van der Waals surface area contributed by atoms with Crippen molar-refractivity contribution >= 4 is 77.8 Å². The lowest BCUT2D eigenvalue weighted by molar-refractivity contribution is 1.28. The van der Waals surface area contributed by atoms with Gasteiger partial charge in [0.1, 0.15) is 0 Å². The Morgan fingerprint density at radius 1 is 0.239 bits per heavy atom. The zero-order valence-electron chi connectivity index (χ0n) is 36.7. The van der Waals surface area contributed by atoms with Gasteiger partial charge in [-0.05, 0) is 157 Å². The minimum atomic E-state index is 1.10. The second-order valence-corrected chi connectivity index (χ2v) is 17.9. The van der Waals surface area contributed by atoms with E-state index in [0.717, 1.165) is 34.1 Å². The normalized spacial score (nSPS) is 11.3. The maximum Gasteiger partial charge on any atom is 0.0462 e. The van der Waals surface area contributed by atoms with Crippen LogP contribution in [0.4, 0.5) is 34.1 Å². The molecule has 11 aromatic carbocycles. The number of rotatable bonds is 10. The van der Waals surface area contributed by atoms with Gasteiger partial charge in [-0.2, -0.15) is 0 Å². The molecule has 0 unspecified atom stereocenters. The van der Waals surface area contributed by atoms with Crippen LogP contribution in [-0.2, 0) is 0 Å². The first-order valence-corrected chi connectivity index (χ1v) is 23.6. The smallest absolute Gasteiger partial charge is 0.0462 e. The summed E-state index contributed by atoms with van der Waals surface area (Å²) in [5.41, 5.74) is 14.0. The molecule has 1 heterocycles. The number of anilines is 6. The zero-order chi connectivity index (χ0) is 44.5. The fourth-order valence-corrected chi connectivity index (χ4v) is 10.8. The molecule has 0 saturated carbocycles. The molecule has 0 atom stereocenters. The molecule has 0 N–H and O–H groups in total. The van der Waals surface area contributed by atoms with Crippen LogP contribution in [0.2, 0.25) is 0 Å². The summed E-state index contributed by atoms with van der Waals surface area (Å²) >= 11 is 1.86. The molecule has 0 aliphatic heterocycles. The summed E-state index contributed by atoms with van der Waals surface area (Å²) in [6.07, 6.45) is 0. The van der Waals surface area contributed by atoms with E-state index in [9.17, 15) is 0 Å². The van der Waals surface area contributed by atoms with E-state index in [4.69, 9.17) is 0 Å². The molecule has 12 aromatic rings. The SMILES string of the molecule is c1ccc(N(c2ccccc2)c2ccc(-c3c4ccccc4c(-c4ccc(N(c5ccccc5)c5ccccc5)cc4)c4cc(-c5ccc(-c6cccc7ccccc67)s5)ccc34)cc2)cc1. The first kappa shape index (κ1) is 40.0. The van der Waals surface area contributed by atoms with Crippen molar-refractivity contribution in [2.75, 3.05) is 9.80 Å². The molecule has 0 aliphatic rings.